The molecule has 94 valence electrons. The lowest BCUT2D eigenvalue weighted by atomic mass is 10.3. The average Bonchev–Trinajstić information content (AvgIpc) is 2.29. The van der Waals surface area contributed by atoms with Crippen LogP contribution in [0.3, 0.4) is 0 Å². The van der Waals surface area contributed by atoms with E-state index in [1.165, 1.54) is 7.11 Å². The van der Waals surface area contributed by atoms with Crippen molar-refractivity contribution in [3.8, 4) is 11.5 Å². The van der Waals surface area contributed by atoms with E-state index >= 15 is 0 Å². The second-order valence-corrected chi connectivity index (χ2v) is 3.18. The van der Waals surface area contributed by atoms with Gasteiger partial charge >= 0.3 is 6.09 Å². The lowest BCUT2D eigenvalue weighted by Gasteiger charge is -2.15. The number of para-hydroxylation sites is 2. The minimum atomic E-state index is -1.09. The fourth-order valence-corrected chi connectivity index (χ4v) is 1.18. The summed E-state index contributed by atoms with van der Waals surface area (Å²) in [5.74, 6) is 0.934. The molecule has 1 aromatic carbocycles. The van der Waals surface area contributed by atoms with Crippen molar-refractivity contribution in [2.75, 3.05) is 13.7 Å². The van der Waals surface area contributed by atoms with E-state index in [0.29, 0.717) is 11.5 Å². The Morgan fingerprint density at radius 1 is 1.41 bits per heavy atom. The fourth-order valence-electron chi connectivity index (χ4n) is 1.18. The van der Waals surface area contributed by atoms with Crippen LogP contribution in [0, 0.1) is 0 Å². The van der Waals surface area contributed by atoms with Crippen LogP contribution in [0.25, 0.3) is 0 Å². The number of aliphatic hydroxyl groups is 1. The molecule has 17 heavy (non-hydrogen) atoms. The molecular formula is C11H15NO5. The van der Waals surface area contributed by atoms with Gasteiger partial charge in [0.05, 0.1) is 13.7 Å². The van der Waals surface area contributed by atoms with Crippen LogP contribution < -0.4 is 15.2 Å². The molecule has 0 spiro atoms. The maximum atomic E-state index is 10.3. The zero-order chi connectivity index (χ0) is 12.7. The topological polar surface area (TPSA) is 91.0 Å². The summed E-state index contributed by atoms with van der Waals surface area (Å²) in [5, 5.41) is 9.53. The van der Waals surface area contributed by atoms with Crippen molar-refractivity contribution in [3.63, 3.8) is 0 Å². The number of amides is 1. The van der Waals surface area contributed by atoms with Crippen molar-refractivity contribution in [1.82, 2.24) is 0 Å². The Bertz CT molecular complexity index is 369. The Hall–Kier alpha value is -1.95. The average molecular weight is 241 g/mol. The van der Waals surface area contributed by atoms with Crippen molar-refractivity contribution in [2.24, 2.45) is 5.73 Å². The quantitative estimate of drug-likeness (QED) is 0.721. The van der Waals surface area contributed by atoms with Crippen molar-refractivity contribution >= 4 is 6.09 Å². The number of nitrogens with two attached hydrogens (primary N) is 1. The van der Waals surface area contributed by atoms with Crippen LogP contribution in [0.1, 0.15) is 6.42 Å². The Labute approximate surface area is 98.9 Å². The number of benzene rings is 1. The van der Waals surface area contributed by atoms with Gasteiger partial charge in [-0.25, -0.2) is 4.79 Å². The molecule has 6 heteroatoms. The van der Waals surface area contributed by atoms with Gasteiger partial charge in [-0.05, 0) is 12.1 Å². The Morgan fingerprint density at radius 3 is 2.65 bits per heavy atom. The predicted octanol–water partition coefficient (Wildman–Crippen LogP) is 0.878. The first-order valence-electron chi connectivity index (χ1n) is 5.03. The van der Waals surface area contributed by atoms with Gasteiger partial charge in [0.25, 0.3) is 0 Å². The van der Waals surface area contributed by atoms with E-state index in [9.17, 15) is 9.90 Å². The first-order valence-corrected chi connectivity index (χ1v) is 5.03. The summed E-state index contributed by atoms with van der Waals surface area (Å²) in [4.78, 5) is 10.3. The van der Waals surface area contributed by atoms with Gasteiger partial charge in [-0.3, -0.25) is 0 Å². The van der Waals surface area contributed by atoms with E-state index in [1.54, 1.807) is 24.3 Å². The number of ether oxygens (including phenoxy) is 3. The number of aliphatic hydroxyl groups excluding tert-OH is 1. The molecule has 1 aromatic rings. The van der Waals surface area contributed by atoms with Gasteiger partial charge < -0.3 is 25.1 Å². The van der Waals surface area contributed by atoms with E-state index in [-0.39, 0.29) is 13.0 Å². The van der Waals surface area contributed by atoms with Gasteiger partial charge in [0, 0.05) is 6.42 Å². The number of hydrogen-bond donors (Lipinski definition) is 2. The van der Waals surface area contributed by atoms with E-state index in [4.69, 9.17) is 15.2 Å². The number of primary amides is 1. The second-order valence-electron chi connectivity index (χ2n) is 3.18. The molecule has 0 aliphatic carbocycles. The predicted molar refractivity (Wildman–Crippen MR) is 59.8 cm³/mol. The number of carbonyl (C=O) groups excluding carboxylic acids is 1. The molecule has 1 rings (SSSR count). The van der Waals surface area contributed by atoms with Crippen molar-refractivity contribution < 1.29 is 24.1 Å². The minimum absolute atomic E-state index is 0.00828. The molecule has 1 amide bonds. The summed E-state index contributed by atoms with van der Waals surface area (Å²) >= 11 is 0. The molecular weight excluding hydrogens is 226 g/mol. The zero-order valence-electron chi connectivity index (χ0n) is 9.46. The Kier molecular flexibility index (Phi) is 5.09. The molecule has 1 atom stereocenters. The maximum absolute atomic E-state index is 10.3. The summed E-state index contributed by atoms with van der Waals surface area (Å²) in [6.45, 7) is -0.00828. The zero-order valence-corrected chi connectivity index (χ0v) is 9.46. The maximum Gasteiger partial charge on any atom is 0.404 e. The largest absolute Gasteiger partial charge is 0.493 e. The lowest BCUT2D eigenvalue weighted by Crippen LogP contribution is -2.21. The number of hydrogen-bond acceptors (Lipinski definition) is 5. The van der Waals surface area contributed by atoms with Crippen LogP contribution in [0.2, 0.25) is 0 Å². The molecule has 0 aliphatic heterocycles. The van der Waals surface area contributed by atoms with Gasteiger partial charge in [-0.1, -0.05) is 12.1 Å². The van der Waals surface area contributed by atoms with E-state index < -0.39 is 12.4 Å². The lowest BCUT2D eigenvalue weighted by molar-refractivity contribution is -0.0350. The number of carbonyl (C=O) groups is 1. The third kappa shape index (κ3) is 4.60. The molecule has 0 aliphatic rings. The van der Waals surface area contributed by atoms with Gasteiger partial charge in [0.15, 0.2) is 11.5 Å². The highest BCUT2D eigenvalue weighted by Gasteiger charge is 2.10. The molecule has 0 saturated carbocycles. The van der Waals surface area contributed by atoms with Gasteiger partial charge in [0.2, 0.25) is 6.29 Å². The Balaban J connectivity index is 2.44. The minimum Gasteiger partial charge on any atom is -0.493 e. The standard InChI is InChI=1S/C11H15NO5/c1-15-8-4-2-3-5-9(8)17-10(13)6-7-16-11(12)14/h2-5,10,13H,6-7H2,1H3,(H2,12,14). The molecule has 0 bridgehead atoms. The SMILES string of the molecule is COc1ccccc1OC(O)CCOC(N)=O. The Morgan fingerprint density at radius 2 is 2.06 bits per heavy atom. The van der Waals surface area contributed by atoms with Crippen LogP contribution in [0.15, 0.2) is 24.3 Å². The van der Waals surface area contributed by atoms with Crippen molar-refractivity contribution in [2.45, 2.75) is 12.7 Å². The van der Waals surface area contributed by atoms with Crippen molar-refractivity contribution in [1.29, 1.82) is 0 Å². The molecule has 0 fully saturated rings. The van der Waals surface area contributed by atoms with E-state index in [2.05, 4.69) is 4.74 Å². The van der Waals surface area contributed by atoms with Gasteiger partial charge in [-0.2, -0.15) is 0 Å². The van der Waals surface area contributed by atoms with E-state index in [0.717, 1.165) is 0 Å². The molecule has 0 radical (unpaired) electrons. The van der Waals surface area contributed by atoms with Crippen LogP contribution >= 0.6 is 0 Å². The first-order chi connectivity index (χ1) is 8.13. The summed E-state index contributed by atoms with van der Waals surface area (Å²) < 4.78 is 14.7. The highest BCUT2D eigenvalue weighted by molar-refractivity contribution is 5.64. The smallest absolute Gasteiger partial charge is 0.404 e. The van der Waals surface area contributed by atoms with Crippen LogP contribution in [0.4, 0.5) is 4.79 Å². The number of rotatable bonds is 6. The molecule has 0 heterocycles. The van der Waals surface area contributed by atoms with Crippen LogP contribution in [-0.2, 0) is 4.74 Å². The summed E-state index contributed by atoms with van der Waals surface area (Å²) in [6.07, 6.45) is -1.85. The molecule has 0 saturated heterocycles. The molecule has 3 N–H and O–H groups in total. The number of methoxy groups -OCH3 is 1. The van der Waals surface area contributed by atoms with Crippen LogP contribution in [-0.4, -0.2) is 31.2 Å². The third-order valence-corrected chi connectivity index (χ3v) is 1.94. The molecule has 6 nitrogen and oxygen atoms in total. The summed E-state index contributed by atoms with van der Waals surface area (Å²) in [5.41, 5.74) is 4.77. The summed E-state index contributed by atoms with van der Waals surface area (Å²) in [7, 11) is 1.50. The normalized spacial score (nSPS) is 11.6. The molecule has 1 unspecified atom stereocenters. The van der Waals surface area contributed by atoms with E-state index in [1.807, 2.05) is 0 Å². The fraction of sp³-hybridized carbons (Fsp3) is 0.364. The highest BCUT2D eigenvalue weighted by atomic mass is 16.6. The molecule has 0 aromatic heterocycles. The monoisotopic (exact) mass is 241 g/mol. The van der Waals surface area contributed by atoms with Crippen LogP contribution in [0.5, 0.6) is 11.5 Å². The highest BCUT2D eigenvalue weighted by Crippen LogP contribution is 2.26. The second kappa shape index (κ2) is 6.59. The van der Waals surface area contributed by atoms with Gasteiger partial charge in [0.1, 0.15) is 0 Å². The van der Waals surface area contributed by atoms with Crippen molar-refractivity contribution in [3.05, 3.63) is 24.3 Å². The third-order valence-electron chi connectivity index (χ3n) is 1.94. The summed E-state index contributed by atoms with van der Waals surface area (Å²) in [6, 6.07) is 6.91. The first kappa shape index (κ1) is 13.1. The van der Waals surface area contributed by atoms with Gasteiger partial charge in [-0.15, -0.1) is 0 Å².